The predicted octanol–water partition coefficient (Wildman–Crippen LogP) is 3.22. The van der Waals surface area contributed by atoms with Crippen molar-refractivity contribution in [3.63, 3.8) is 0 Å². The highest BCUT2D eigenvalue weighted by Gasteiger charge is 2.06. The van der Waals surface area contributed by atoms with E-state index in [0.29, 0.717) is 5.92 Å². The van der Waals surface area contributed by atoms with E-state index in [-0.39, 0.29) is 5.83 Å². The van der Waals surface area contributed by atoms with Gasteiger partial charge in [-0.3, -0.25) is 0 Å². The molecule has 1 unspecified atom stereocenters. The molecule has 1 heteroatoms. The molecule has 0 radical (unpaired) electrons. The summed E-state index contributed by atoms with van der Waals surface area (Å²) in [7, 11) is 0. The fourth-order valence-corrected chi connectivity index (χ4v) is 1.22. The lowest BCUT2D eigenvalue weighted by Gasteiger charge is -2.11. The largest absolute Gasteiger partial charge is 0.207 e. The lowest BCUT2D eigenvalue weighted by atomic mass is 9.96. The van der Waals surface area contributed by atoms with Crippen molar-refractivity contribution in [1.82, 2.24) is 0 Å². The zero-order chi connectivity index (χ0) is 7.40. The van der Waals surface area contributed by atoms with Gasteiger partial charge < -0.3 is 0 Å². The molecule has 1 atom stereocenters. The van der Waals surface area contributed by atoms with Crippen LogP contribution < -0.4 is 0 Å². The molecule has 10 heavy (non-hydrogen) atoms. The van der Waals surface area contributed by atoms with Gasteiger partial charge in [-0.15, -0.1) is 0 Å². The van der Waals surface area contributed by atoms with Gasteiger partial charge in [-0.1, -0.05) is 19.4 Å². The number of hydrogen-bond donors (Lipinski definition) is 0. The summed E-state index contributed by atoms with van der Waals surface area (Å²) >= 11 is 0. The Morgan fingerprint density at radius 3 is 3.00 bits per heavy atom. The highest BCUT2D eigenvalue weighted by Crippen LogP contribution is 2.20. The third-order valence-electron chi connectivity index (χ3n) is 1.80. The van der Waals surface area contributed by atoms with E-state index < -0.39 is 0 Å². The molecule has 56 valence electrons. The van der Waals surface area contributed by atoms with Crippen molar-refractivity contribution in [2.45, 2.75) is 26.2 Å². The first-order valence-corrected chi connectivity index (χ1v) is 3.86. The number of hydrogen-bond acceptors (Lipinski definition) is 0. The van der Waals surface area contributed by atoms with E-state index in [1.165, 1.54) is 12.8 Å². The molecule has 0 saturated carbocycles. The molecule has 0 aromatic heterocycles. The lowest BCUT2D eigenvalue weighted by molar-refractivity contribution is 0.557. The van der Waals surface area contributed by atoms with Gasteiger partial charge in [-0.2, -0.15) is 0 Å². The predicted molar refractivity (Wildman–Crippen MR) is 41.3 cm³/mol. The molecule has 0 bridgehead atoms. The van der Waals surface area contributed by atoms with Crippen LogP contribution in [0.4, 0.5) is 4.39 Å². The van der Waals surface area contributed by atoms with Crippen molar-refractivity contribution in [2.24, 2.45) is 5.92 Å². The number of allylic oxidation sites excluding steroid dienone is 4. The van der Waals surface area contributed by atoms with Crippen molar-refractivity contribution in [3.8, 4) is 0 Å². The Labute approximate surface area is 61.4 Å². The topological polar surface area (TPSA) is 0 Å². The summed E-state index contributed by atoms with van der Waals surface area (Å²) in [6, 6.07) is 0. The van der Waals surface area contributed by atoms with E-state index >= 15 is 0 Å². The second-order valence-electron chi connectivity index (χ2n) is 2.73. The normalized spacial score (nSPS) is 24.6. The Balaban J connectivity index is 2.37. The summed E-state index contributed by atoms with van der Waals surface area (Å²) in [5.41, 5.74) is 0. The van der Waals surface area contributed by atoms with Gasteiger partial charge in [0.1, 0.15) is 5.83 Å². The summed E-state index contributed by atoms with van der Waals surface area (Å²) in [5, 5.41) is 0. The molecule has 1 aliphatic carbocycles. The van der Waals surface area contributed by atoms with E-state index in [0.717, 1.165) is 6.42 Å². The first kappa shape index (κ1) is 7.52. The van der Waals surface area contributed by atoms with Crippen molar-refractivity contribution < 1.29 is 4.39 Å². The first-order chi connectivity index (χ1) is 4.83. The van der Waals surface area contributed by atoms with Crippen LogP contribution in [0.2, 0.25) is 0 Å². The molecule has 0 fully saturated rings. The van der Waals surface area contributed by atoms with Crippen LogP contribution in [0.15, 0.2) is 24.1 Å². The highest BCUT2D eigenvalue weighted by atomic mass is 19.1. The van der Waals surface area contributed by atoms with Crippen LogP contribution >= 0.6 is 0 Å². The standard InChI is InChI=1S/C9H13F/c1-2-3-8-4-6-9(10)7-5-8/h4,6-8H,2-3,5H2,1H3. The summed E-state index contributed by atoms with van der Waals surface area (Å²) in [6.45, 7) is 2.16. The quantitative estimate of drug-likeness (QED) is 0.552. The lowest BCUT2D eigenvalue weighted by Crippen LogP contribution is -1.97. The van der Waals surface area contributed by atoms with Crippen LogP contribution in [-0.2, 0) is 0 Å². The SMILES string of the molecule is CCCC1C=CC(F)=CC1. The maximum atomic E-state index is 12.4. The Morgan fingerprint density at radius 1 is 1.70 bits per heavy atom. The van der Waals surface area contributed by atoms with Gasteiger partial charge in [-0.05, 0) is 30.9 Å². The molecule has 1 aliphatic rings. The van der Waals surface area contributed by atoms with Gasteiger partial charge in [0.15, 0.2) is 0 Å². The van der Waals surface area contributed by atoms with Crippen molar-refractivity contribution in [2.75, 3.05) is 0 Å². The Morgan fingerprint density at radius 2 is 2.50 bits per heavy atom. The molecular weight excluding hydrogens is 127 g/mol. The van der Waals surface area contributed by atoms with Crippen LogP contribution in [0.5, 0.6) is 0 Å². The second-order valence-corrected chi connectivity index (χ2v) is 2.73. The summed E-state index contributed by atoms with van der Waals surface area (Å²) < 4.78 is 12.4. The third-order valence-corrected chi connectivity index (χ3v) is 1.80. The van der Waals surface area contributed by atoms with Gasteiger partial charge >= 0.3 is 0 Å². The van der Waals surface area contributed by atoms with E-state index in [1.54, 1.807) is 12.2 Å². The fourth-order valence-electron chi connectivity index (χ4n) is 1.22. The second kappa shape index (κ2) is 3.55. The maximum absolute atomic E-state index is 12.4. The minimum atomic E-state index is -0.0765. The average Bonchev–Trinajstić information content (AvgIpc) is 1.95. The number of rotatable bonds is 2. The Hall–Kier alpha value is -0.590. The molecule has 0 amide bonds. The van der Waals surface area contributed by atoms with E-state index in [9.17, 15) is 4.39 Å². The molecule has 0 spiro atoms. The van der Waals surface area contributed by atoms with Crippen molar-refractivity contribution >= 4 is 0 Å². The maximum Gasteiger partial charge on any atom is 0.118 e. The smallest absolute Gasteiger partial charge is 0.118 e. The van der Waals surface area contributed by atoms with Gasteiger partial charge in [-0.25, -0.2) is 4.39 Å². The Kier molecular flexibility index (Phi) is 2.67. The zero-order valence-corrected chi connectivity index (χ0v) is 6.31. The minimum absolute atomic E-state index is 0.0765. The molecule has 0 saturated heterocycles. The number of halogens is 1. The fraction of sp³-hybridized carbons (Fsp3) is 0.556. The Bertz CT molecular complexity index is 156. The van der Waals surface area contributed by atoms with Gasteiger partial charge in [0.2, 0.25) is 0 Å². The van der Waals surface area contributed by atoms with E-state index in [4.69, 9.17) is 0 Å². The summed E-state index contributed by atoms with van der Waals surface area (Å²) in [6.07, 6.45) is 8.46. The monoisotopic (exact) mass is 140 g/mol. The molecule has 0 aromatic carbocycles. The van der Waals surface area contributed by atoms with Gasteiger partial charge in [0, 0.05) is 0 Å². The summed E-state index contributed by atoms with van der Waals surface area (Å²) in [4.78, 5) is 0. The van der Waals surface area contributed by atoms with Gasteiger partial charge in [0.05, 0.1) is 0 Å². The molecule has 0 nitrogen and oxygen atoms in total. The molecule has 0 aromatic rings. The van der Waals surface area contributed by atoms with Crippen LogP contribution in [-0.4, -0.2) is 0 Å². The molecule has 1 rings (SSSR count). The van der Waals surface area contributed by atoms with Crippen molar-refractivity contribution in [3.05, 3.63) is 24.1 Å². The first-order valence-electron chi connectivity index (χ1n) is 3.86. The molecule has 0 heterocycles. The van der Waals surface area contributed by atoms with Crippen molar-refractivity contribution in [1.29, 1.82) is 0 Å². The van der Waals surface area contributed by atoms with E-state index in [1.807, 2.05) is 6.08 Å². The average molecular weight is 140 g/mol. The van der Waals surface area contributed by atoms with Crippen LogP contribution in [0, 0.1) is 5.92 Å². The molecule has 0 N–H and O–H groups in total. The molecular formula is C9H13F. The van der Waals surface area contributed by atoms with E-state index in [2.05, 4.69) is 6.92 Å². The summed E-state index contributed by atoms with van der Waals surface area (Å²) in [5.74, 6) is 0.511. The van der Waals surface area contributed by atoms with Crippen LogP contribution in [0.1, 0.15) is 26.2 Å². The van der Waals surface area contributed by atoms with Crippen LogP contribution in [0.25, 0.3) is 0 Å². The highest BCUT2D eigenvalue weighted by molar-refractivity contribution is 5.17. The third kappa shape index (κ3) is 1.98. The molecule has 0 aliphatic heterocycles. The minimum Gasteiger partial charge on any atom is -0.207 e. The zero-order valence-electron chi connectivity index (χ0n) is 6.31. The van der Waals surface area contributed by atoms with Crippen LogP contribution in [0.3, 0.4) is 0 Å². The van der Waals surface area contributed by atoms with Gasteiger partial charge in [0.25, 0.3) is 0 Å².